The molecule has 0 spiro atoms. The first-order chi connectivity index (χ1) is 15.3. The molecule has 1 heterocycles. The lowest BCUT2D eigenvalue weighted by Gasteiger charge is -2.19. The molecule has 1 atom stereocenters. The molecular weight excluding hydrogens is 435 g/mol. The minimum Gasteiger partial charge on any atom is -0.346 e. The van der Waals surface area contributed by atoms with Crippen LogP contribution in [0.1, 0.15) is 5.56 Å². The number of sulfonamides is 1. The van der Waals surface area contributed by atoms with Crippen LogP contribution in [-0.2, 0) is 26.0 Å². The van der Waals surface area contributed by atoms with E-state index in [0.717, 1.165) is 12.1 Å². The van der Waals surface area contributed by atoms with E-state index in [1.165, 1.54) is 18.3 Å². The maximum Gasteiger partial charge on any atom is 0.244 e. The summed E-state index contributed by atoms with van der Waals surface area (Å²) in [4.78, 5) is 28.2. The van der Waals surface area contributed by atoms with E-state index in [4.69, 9.17) is 0 Å². The zero-order valence-electron chi connectivity index (χ0n) is 16.9. The van der Waals surface area contributed by atoms with Crippen LogP contribution in [0.25, 0.3) is 0 Å². The molecule has 0 saturated heterocycles. The summed E-state index contributed by atoms with van der Waals surface area (Å²) >= 11 is 0. The molecule has 0 aliphatic rings. The number of nitrogens with one attached hydrogen (secondary N) is 3. The van der Waals surface area contributed by atoms with Gasteiger partial charge in [-0.05, 0) is 36.2 Å². The van der Waals surface area contributed by atoms with Crippen LogP contribution in [0.5, 0.6) is 0 Å². The van der Waals surface area contributed by atoms with Gasteiger partial charge < -0.3 is 10.6 Å². The number of rotatable bonds is 9. The number of carbonyl (C=O) groups is 2. The Morgan fingerprint density at radius 3 is 2.38 bits per heavy atom. The van der Waals surface area contributed by atoms with Gasteiger partial charge in [-0.15, -0.1) is 0 Å². The third kappa shape index (κ3) is 6.43. The largest absolute Gasteiger partial charge is 0.346 e. The van der Waals surface area contributed by atoms with Crippen molar-refractivity contribution in [3.05, 3.63) is 90.5 Å². The summed E-state index contributed by atoms with van der Waals surface area (Å²) in [5.41, 5.74) is 1.14. The predicted octanol–water partition coefficient (Wildman–Crippen LogP) is 1.87. The number of aromatic nitrogens is 1. The van der Waals surface area contributed by atoms with Crippen LogP contribution in [0.15, 0.2) is 84.0 Å². The molecule has 0 saturated carbocycles. The fraction of sp³-hybridized carbons (Fsp3) is 0.136. The van der Waals surface area contributed by atoms with Crippen molar-refractivity contribution in [3.63, 3.8) is 0 Å². The van der Waals surface area contributed by atoms with Crippen LogP contribution in [-0.4, -0.2) is 37.8 Å². The minimum atomic E-state index is -4.34. The molecule has 3 rings (SSSR count). The van der Waals surface area contributed by atoms with Gasteiger partial charge in [0.1, 0.15) is 16.8 Å². The summed E-state index contributed by atoms with van der Waals surface area (Å²) in [5, 5.41) is 4.98. The number of carbonyl (C=O) groups excluding carboxylic acids is 2. The van der Waals surface area contributed by atoms with Crippen molar-refractivity contribution < 1.29 is 22.4 Å². The van der Waals surface area contributed by atoms with Gasteiger partial charge in [-0.1, -0.05) is 42.5 Å². The van der Waals surface area contributed by atoms with Gasteiger partial charge >= 0.3 is 0 Å². The highest BCUT2D eigenvalue weighted by atomic mass is 32.2. The fourth-order valence-corrected chi connectivity index (χ4v) is 4.16. The van der Waals surface area contributed by atoms with Gasteiger partial charge in [0.05, 0.1) is 18.4 Å². The second-order valence-electron chi connectivity index (χ2n) is 6.80. The monoisotopic (exact) mass is 456 g/mol. The van der Waals surface area contributed by atoms with Crippen molar-refractivity contribution in [2.75, 3.05) is 11.9 Å². The Bertz CT molecular complexity index is 1170. The third-order valence-electron chi connectivity index (χ3n) is 4.39. The molecule has 166 valence electrons. The number of hydrogen-bond donors (Lipinski definition) is 3. The highest BCUT2D eigenvalue weighted by molar-refractivity contribution is 7.89. The zero-order chi connectivity index (χ0) is 23.0. The van der Waals surface area contributed by atoms with Crippen LogP contribution in [0, 0.1) is 5.82 Å². The molecule has 0 radical (unpaired) electrons. The standard InChI is InChI=1S/C22H21FN4O4S/c23-18-10-4-5-11-20(18)32(30,31)27-19(13-16-7-2-1-3-8-16)22(29)25-15-21(28)26-17-9-6-12-24-14-17/h1-12,14,19,27H,13,15H2,(H,25,29)(H,26,28)/t19-/m0/s1. The summed E-state index contributed by atoms with van der Waals surface area (Å²) in [5.74, 6) is -2.17. The van der Waals surface area contributed by atoms with Crippen molar-refractivity contribution in [1.29, 1.82) is 0 Å². The Morgan fingerprint density at radius 2 is 1.69 bits per heavy atom. The number of amides is 2. The van der Waals surface area contributed by atoms with Crippen LogP contribution in [0.2, 0.25) is 0 Å². The van der Waals surface area contributed by atoms with Crippen molar-refractivity contribution >= 4 is 27.5 Å². The molecule has 0 unspecified atom stereocenters. The van der Waals surface area contributed by atoms with E-state index in [1.807, 2.05) is 0 Å². The van der Waals surface area contributed by atoms with Gasteiger partial charge in [0.2, 0.25) is 21.8 Å². The second kappa shape index (κ2) is 10.6. The lowest BCUT2D eigenvalue weighted by Crippen LogP contribution is -2.49. The molecule has 2 amide bonds. The first-order valence-electron chi connectivity index (χ1n) is 9.63. The number of pyridine rings is 1. The Hall–Kier alpha value is -3.63. The third-order valence-corrected chi connectivity index (χ3v) is 5.90. The maximum atomic E-state index is 14.0. The Kier molecular flexibility index (Phi) is 7.63. The molecule has 32 heavy (non-hydrogen) atoms. The molecule has 0 aliphatic heterocycles. The zero-order valence-corrected chi connectivity index (χ0v) is 17.7. The van der Waals surface area contributed by atoms with Crippen LogP contribution < -0.4 is 15.4 Å². The average Bonchev–Trinajstić information content (AvgIpc) is 2.78. The molecule has 2 aromatic carbocycles. The normalized spacial score (nSPS) is 12.0. The van der Waals surface area contributed by atoms with Gasteiger partial charge in [0.25, 0.3) is 0 Å². The SMILES string of the molecule is O=C(CNC(=O)[C@H](Cc1ccccc1)NS(=O)(=O)c1ccccc1F)Nc1cccnc1. The number of halogens is 1. The van der Waals surface area contributed by atoms with E-state index in [9.17, 15) is 22.4 Å². The van der Waals surface area contributed by atoms with Crippen molar-refractivity contribution in [1.82, 2.24) is 15.0 Å². The molecule has 0 fully saturated rings. The molecule has 0 bridgehead atoms. The molecule has 10 heteroatoms. The minimum absolute atomic E-state index is 0.00454. The van der Waals surface area contributed by atoms with Crippen molar-refractivity contribution in [2.45, 2.75) is 17.4 Å². The fourth-order valence-electron chi connectivity index (χ4n) is 2.88. The van der Waals surface area contributed by atoms with Crippen LogP contribution in [0.3, 0.4) is 0 Å². The molecule has 3 aromatic rings. The number of anilines is 1. The highest BCUT2D eigenvalue weighted by Crippen LogP contribution is 2.15. The van der Waals surface area contributed by atoms with Crippen LogP contribution >= 0.6 is 0 Å². The number of nitrogens with zero attached hydrogens (tertiary/aromatic N) is 1. The molecule has 8 nitrogen and oxygen atoms in total. The van der Waals surface area contributed by atoms with Crippen molar-refractivity contribution in [3.8, 4) is 0 Å². The summed E-state index contributed by atoms with van der Waals surface area (Å²) < 4.78 is 41.7. The predicted molar refractivity (Wildman–Crippen MR) is 117 cm³/mol. The van der Waals surface area contributed by atoms with Crippen molar-refractivity contribution in [2.24, 2.45) is 0 Å². The summed E-state index contributed by atoms with van der Waals surface area (Å²) in [7, 11) is -4.34. The Labute approximate surface area is 184 Å². The number of hydrogen-bond acceptors (Lipinski definition) is 5. The highest BCUT2D eigenvalue weighted by Gasteiger charge is 2.28. The van der Waals surface area contributed by atoms with E-state index in [2.05, 4.69) is 20.3 Å². The molecular formula is C22H21FN4O4S. The topological polar surface area (TPSA) is 117 Å². The van der Waals surface area contributed by atoms with Gasteiger partial charge in [0, 0.05) is 6.20 Å². The lowest BCUT2D eigenvalue weighted by molar-refractivity contribution is -0.125. The van der Waals surface area contributed by atoms with Gasteiger partial charge in [-0.3, -0.25) is 14.6 Å². The van der Waals surface area contributed by atoms with Gasteiger partial charge in [-0.2, -0.15) is 4.72 Å². The van der Waals surface area contributed by atoms with Gasteiger partial charge in [-0.25, -0.2) is 12.8 Å². The Morgan fingerprint density at radius 1 is 0.969 bits per heavy atom. The first-order valence-corrected chi connectivity index (χ1v) is 11.1. The molecule has 0 aliphatic carbocycles. The average molecular weight is 456 g/mol. The van der Waals surface area contributed by atoms with E-state index in [0.29, 0.717) is 11.3 Å². The summed E-state index contributed by atoms with van der Waals surface area (Å²) in [6.45, 7) is -0.388. The summed E-state index contributed by atoms with van der Waals surface area (Å²) in [6.07, 6.45) is 3.00. The molecule has 1 aromatic heterocycles. The Balaban J connectivity index is 1.72. The first kappa shape index (κ1) is 23.0. The lowest BCUT2D eigenvalue weighted by atomic mass is 10.1. The smallest absolute Gasteiger partial charge is 0.244 e. The maximum absolute atomic E-state index is 14.0. The van der Waals surface area contributed by atoms with E-state index < -0.39 is 38.6 Å². The van der Waals surface area contributed by atoms with E-state index in [1.54, 1.807) is 48.7 Å². The van der Waals surface area contributed by atoms with Crippen LogP contribution in [0.4, 0.5) is 10.1 Å². The second-order valence-corrected chi connectivity index (χ2v) is 8.48. The van der Waals surface area contributed by atoms with E-state index in [-0.39, 0.29) is 13.0 Å². The van der Waals surface area contributed by atoms with Gasteiger partial charge in [0.15, 0.2) is 0 Å². The summed E-state index contributed by atoms with van der Waals surface area (Å²) in [6, 6.07) is 15.6. The quantitative estimate of drug-likeness (QED) is 0.454. The van der Waals surface area contributed by atoms with E-state index >= 15 is 0 Å². The number of benzene rings is 2. The molecule has 3 N–H and O–H groups in total.